The number of para-hydroxylation sites is 3. The molecule has 0 atom stereocenters. The molecule has 12 heteroatoms. The van der Waals surface area contributed by atoms with Crippen molar-refractivity contribution in [2.75, 3.05) is 41.8 Å². The van der Waals surface area contributed by atoms with Crippen molar-refractivity contribution in [3.8, 4) is 5.82 Å². The first kappa shape index (κ1) is 26.9. The largest absolute Gasteiger partial charge is 0.378 e. The fourth-order valence-electron chi connectivity index (χ4n) is 5.41. The summed E-state index contributed by atoms with van der Waals surface area (Å²) in [7, 11) is 0. The molecular weight excluding hydrogens is 530 g/mol. The average molecular weight is 563 g/mol. The van der Waals surface area contributed by atoms with E-state index in [1.54, 1.807) is 30.3 Å². The van der Waals surface area contributed by atoms with Gasteiger partial charge in [-0.25, -0.2) is 18.6 Å². The Hall–Kier alpha value is -4.32. The molecule has 2 amide bonds. The minimum atomic E-state index is -2.78. The monoisotopic (exact) mass is 562 g/mol. The molecule has 3 N–H and O–H groups in total. The maximum Gasteiger partial charge on any atom is 0.319 e. The second-order valence-electron chi connectivity index (χ2n) is 10.3. The quantitative estimate of drug-likeness (QED) is 0.286. The van der Waals surface area contributed by atoms with Gasteiger partial charge >= 0.3 is 6.03 Å². The van der Waals surface area contributed by atoms with Gasteiger partial charge in [0.05, 0.1) is 24.2 Å². The van der Waals surface area contributed by atoms with Gasteiger partial charge < -0.3 is 25.6 Å². The number of amides is 2. The highest BCUT2D eigenvalue weighted by molar-refractivity contribution is 5.89. The molecule has 2 aromatic carbocycles. The number of nitrogens with zero attached hydrogens (tertiary/aromatic N) is 5. The van der Waals surface area contributed by atoms with E-state index in [9.17, 15) is 13.6 Å². The molecule has 2 aliphatic rings. The number of anilines is 3. The standard InChI is InChI=1S/C29H32F2N8O2/c30-26(31)27-35-22-8-4-5-9-23(22)39(27)25-18-24(36-28(37-25)38-14-16-41-17-15-38)32-20-10-12-21(13-11-20)34-29(40)33-19-6-2-1-3-7-19/h1-9,18,20-21,26H,10-17H2,(H,32,36,37)(H2,33,34,40). The Kier molecular flexibility index (Phi) is 7.90. The van der Waals surface area contributed by atoms with Gasteiger partial charge in [0.1, 0.15) is 11.6 Å². The van der Waals surface area contributed by atoms with E-state index < -0.39 is 6.43 Å². The summed E-state index contributed by atoms with van der Waals surface area (Å²) in [5.41, 5.74) is 1.78. The molecule has 2 fully saturated rings. The Morgan fingerprint density at radius 1 is 0.902 bits per heavy atom. The lowest BCUT2D eigenvalue weighted by Crippen LogP contribution is -2.42. The molecule has 2 aromatic heterocycles. The molecule has 10 nitrogen and oxygen atoms in total. The first-order valence-corrected chi connectivity index (χ1v) is 13.9. The molecule has 1 aliphatic carbocycles. The van der Waals surface area contributed by atoms with Crippen molar-refractivity contribution in [3.63, 3.8) is 0 Å². The molecule has 0 unspecified atom stereocenters. The van der Waals surface area contributed by atoms with Crippen LogP contribution in [0.4, 0.5) is 31.0 Å². The number of fused-ring (bicyclic) bond motifs is 1. The molecule has 1 saturated carbocycles. The van der Waals surface area contributed by atoms with E-state index >= 15 is 0 Å². The summed E-state index contributed by atoms with van der Waals surface area (Å²) in [4.78, 5) is 28.1. The zero-order valence-corrected chi connectivity index (χ0v) is 22.5. The number of alkyl halides is 2. The zero-order valence-electron chi connectivity index (χ0n) is 22.5. The van der Waals surface area contributed by atoms with Crippen molar-refractivity contribution >= 4 is 34.5 Å². The molecule has 6 rings (SSSR count). The first-order chi connectivity index (χ1) is 20.0. The number of nitrogens with one attached hydrogen (secondary N) is 3. The molecule has 1 saturated heterocycles. The Morgan fingerprint density at radius 3 is 2.37 bits per heavy atom. The normalized spacial score (nSPS) is 19.3. The number of hydrogen-bond donors (Lipinski definition) is 3. The Bertz CT molecular complexity index is 1480. The molecule has 214 valence electrons. The topological polar surface area (TPSA) is 109 Å². The second kappa shape index (κ2) is 12.0. The summed E-state index contributed by atoms with van der Waals surface area (Å²) in [6.07, 6.45) is 0.464. The maximum absolute atomic E-state index is 14.1. The maximum atomic E-state index is 14.1. The van der Waals surface area contributed by atoms with E-state index in [4.69, 9.17) is 14.7 Å². The molecule has 3 heterocycles. The summed E-state index contributed by atoms with van der Waals surface area (Å²) in [6.45, 7) is 2.30. The van der Waals surface area contributed by atoms with Crippen molar-refractivity contribution in [2.45, 2.75) is 44.2 Å². The SMILES string of the molecule is O=C(Nc1ccccc1)NC1CCC(Nc2cc(-n3c(C(F)F)nc4ccccc43)nc(N3CCOCC3)n2)CC1. The number of aromatic nitrogens is 4. The van der Waals surface area contributed by atoms with E-state index in [2.05, 4.69) is 20.9 Å². The van der Waals surface area contributed by atoms with Crippen LogP contribution in [0.5, 0.6) is 0 Å². The van der Waals surface area contributed by atoms with E-state index in [0.29, 0.717) is 54.9 Å². The van der Waals surface area contributed by atoms with E-state index in [0.717, 1.165) is 31.4 Å². The van der Waals surface area contributed by atoms with E-state index in [-0.39, 0.29) is 23.9 Å². The van der Waals surface area contributed by atoms with Crippen molar-refractivity contribution in [1.29, 1.82) is 0 Å². The molecule has 0 radical (unpaired) electrons. The van der Waals surface area contributed by atoms with Crippen LogP contribution in [0.3, 0.4) is 0 Å². The van der Waals surface area contributed by atoms with Crippen LogP contribution in [0.2, 0.25) is 0 Å². The van der Waals surface area contributed by atoms with Crippen LogP contribution >= 0.6 is 0 Å². The van der Waals surface area contributed by atoms with Crippen LogP contribution in [0.25, 0.3) is 16.9 Å². The summed E-state index contributed by atoms with van der Waals surface area (Å²) >= 11 is 0. The minimum absolute atomic E-state index is 0.0625. The molecule has 1 aliphatic heterocycles. The lowest BCUT2D eigenvalue weighted by Gasteiger charge is -2.31. The highest BCUT2D eigenvalue weighted by Gasteiger charge is 2.26. The van der Waals surface area contributed by atoms with Crippen molar-refractivity contribution in [2.24, 2.45) is 0 Å². The predicted octanol–water partition coefficient (Wildman–Crippen LogP) is 5.13. The average Bonchev–Trinajstić information content (AvgIpc) is 3.39. The highest BCUT2D eigenvalue weighted by Crippen LogP contribution is 2.30. The summed E-state index contributed by atoms with van der Waals surface area (Å²) in [5.74, 6) is 0.997. The zero-order chi connectivity index (χ0) is 28.2. The fraction of sp³-hybridized carbons (Fsp3) is 0.379. The van der Waals surface area contributed by atoms with E-state index in [1.807, 2.05) is 35.2 Å². The van der Waals surface area contributed by atoms with Gasteiger partial charge in [0.15, 0.2) is 5.82 Å². The third kappa shape index (κ3) is 6.22. The van der Waals surface area contributed by atoms with Crippen LogP contribution in [0.15, 0.2) is 60.7 Å². The van der Waals surface area contributed by atoms with Crippen molar-refractivity contribution in [3.05, 3.63) is 66.5 Å². The van der Waals surface area contributed by atoms with Crippen molar-refractivity contribution < 1.29 is 18.3 Å². The third-order valence-corrected chi connectivity index (χ3v) is 7.45. The van der Waals surface area contributed by atoms with Gasteiger partial charge in [-0.3, -0.25) is 4.57 Å². The van der Waals surface area contributed by atoms with Gasteiger partial charge in [-0.2, -0.15) is 9.97 Å². The number of carbonyl (C=O) groups excluding carboxylic acids is 1. The number of hydrogen-bond acceptors (Lipinski definition) is 7. The lowest BCUT2D eigenvalue weighted by atomic mass is 9.91. The number of ether oxygens (including phenoxy) is 1. The second-order valence-corrected chi connectivity index (χ2v) is 10.3. The Balaban J connectivity index is 1.20. The number of benzene rings is 2. The summed E-state index contributed by atoms with van der Waals surface area (Å²) in [5, 5.41) is 9.44. The van der Waals surface area contributed by atoms with Gasteiger partial charge in [0.2, 0.25) is 5.95 Å². The fourth-order valence-corrected chi connectivity index (χ4v) is 5.41. The van der Waals surface area contributed by atoms with Crippen LogP contribution in [-0.4, -0.2) is 63.9 Å². The van der Waals surface area contributed by atoms with Crippen LogP contribution < -0.4 is 20.9 Å². The van der Waals surface area contributed by atoms with Gasteiger partial charge in [-0.1, -0.05) is 30.3 Å². The lowest BCUT2D eigenvalue weighted by molar-refractivity contribution is 0.122. The molecular formula is C29H32F2N8O2. The van der Waals surface area contributed by atoms with Crippen LogP contribution in [0, 0.1) is 0 Å². The molecule has 0 bridgehead atoms. The van der Waals surface area contributed by atoms with Crippen LogP contribution in [-0.2, 0) is 4.74 Å². The highest BCUT2D eigenvalue weighted by atomic mass is 19.3. The summed E-state index contributed by atoms with van der Waals surface area (Å²) in [6, 6.07) is 18.1. The van der Waals surface area contributed by atoms with Crippen LogP contribution in [0.1, 0.15) is 37.9 Å². The number of urea groups is 1. The van der Waals surface area contributed by atoms with Gasteiger partial charge in [-0.05, 0) is 49.9 Å². The predicted molar refractivity (Wildman–Crippen MR) is 153 cm³/mol. The van der Waals surface area contributed by atoms with Gasteiger partial charge in [0, 0.05) is 36.9 Å². The Morgan fingerprint density at radius 2 is 1.61 bits per heavy atom. The number of carbonyl (C=O) groups is 1. The number of morpholine rings is 1. The minimum Gasteiger partial charge on any atom is -0.378 e. The van der Waals surface area contributed by atoms with E-state index in [1.165, 1.54) is 4.57 Å². The molecule has 0 spiro atoms. The smallest absolute Gasteiger partial charge is 0.319 e. The van der Waals surface area contributed by atoms with Crippen molar-refractivity contribution in [1.82, 2.24) is 24.8 Å². The third-order valence-electron chi connectivity index (χ3n) is 7.45. The summed E-state index contributed by atoms with van der Waals surface area (Å²) < 4.78 is 35.2. The van der Waals surface area contributed by atoms with Gasteiger partial charge in [0.25, 0.3) is 6.43 Å². The molecule has 4 aromatic rings. The number of imidazole rings is 1. The Labute approximate surface area is 236 Å². The van der Waals surface area contributed by atoms with Gasteiger partial charge in [-0.15, -0.1) is 0 Å². The number of rotatable bonds is 7. The number of halogens is 2. The first-order valence-electron chi connectivity index (χ1n) is 13.9. The molecule has 41 heavy (non-hydrogen) atoms.